The van der Waals surface area contributed by atoms with Crippen molar-refractivity contribution in [2.45, 2.75) is 33.0 Å². The van der Waals surface area contributed by atoms with Crippen LogP contribution in [0.15, 0.2) is 54.6 Å². The molecule has 1 aliphatic heterocycles. The normalized spacial score (nSPS) is 15.7. The molecule has 0 atom stereocenters. The Kier molecular flexibility index (Phi) is 6.45. The molecule has 0 aliphatic carbocycles. The van der Waals surface area contributed by atoms with E-state index < -0.39 is 0 Å². The minimum atomic E-state index is 0.114. The van der Waals surface area contributed by atoms with Crippen molar-refractivity contribution in [1.82, 2.24) is 24.7 Å². The second-order valence-corrected chi connectivity index (χ2v) is 8.36. The lowest BCUT2D eigenvalue weighted by molar-refractivity contribution is -0.123. The Morgan fingerprint density at radius 3 is 2.33 bits per heavy atom. The summed E-state index contributed by atoms with van der Waals surface area (Å²) in [6, 6.07) is 19.1. The maximum Gasteiger partial charge on any atom is 0.234 e. The zero-order chi connectivity index (χ0) is 20.9. The van der Waals surface area contributed by atoms with Crippen LogP contribution in [0.1, 0.15) is 25.2 Å². The summed E-state index contributed by atoms with van der Waals surface area (Å²) in [7, 11) is 0. The van der Waals surface area contributed by atoms with E-state index in [1.54, 1.807) is 0 Å². The third-order valence-electron chi connectivity index (χ3n) is 5.56. The molecule has 2 heterocycles. The number of nitrogens with zero attached hydrogens (tertiary/aromatic N) is 4. The molecule has 1 aliphatic rings. The van der Waals surface area contributed by atoms with Gasteiger partial charge in [0, 0.05) is 38.8 Å². The minimum Gasteiger partial charge on any atom is -0.353 e. The number of rotatable bonds is 7. The lowest BCUT2D eigenvalue weighted by Gasteiger charge is -2.34. The van der Waals surface area contributed by atoms with E-state index in [-0.39, 0.29) is 11.9 Å². The fourth-order valence-electron chi connectivity index (χ4n) is 4.06. The molecule has 0 unspecified atom stereocenters. The molecule has 3 aromatic rings. The summed E-state index contributed by atoms with van der Waals surface area (Å²) in [4.78, 5) is 21.7. The zero-order valence-electron chi connectivity index (χ0n) is 17.9. The number of fused-ring (bicyclic) bond motifs is 1. The SMILES string of the molecule is CC(C)NC(=O)CN1CCN(Cc2nc3ccccc3n2Cc2ccccc2)CC1. The Balaban J connectivity index is 1.43. The predicted molar refractivity (Wildman–Crippen MR) is 120 cm³/mol. The van der Waals surface area contributed by atoms with Gasteiger partial charge in [-0.2, -0.15) is 0 Å². The first-order valence-electron chi connectivity index (χ1n) is 10.8. The van der Waals surface area contributed by atoms with Gasteiger partial charge in [0.15, 0.2) is 0 Å². The highest BCUT2D eigenvalue weighted by Crippen LogP contribution is 2.20. The van der Waals surface area contributed by atoms with Crippen LogP contribution >= 0.6 is 0 Å². The Morgan fingerprint density at radius 2 is 1.60 bits per heavy atom. The van der Waals surface area contributed by atoms with E-state index in [0.29, 0.717) is 6.54 Å². The van der Waals surface area contributed by atoms with Gasteiger partial charge in [-0.25, -0.2) is 4.98 Å². The second-order valence-electron chi connectivity index (χ2n) is 8.36. The predicted octanol–water partition coefficient (Wildman–Crippen LogP) is 2.73. The van der Waals surface area contributed by atoms with Gasteiger partial charge < -0.3 is 9.88 Å². The van der Waals surface area contributed by atoms with E-state index in [9.17, 15) is 4.79 Å². The molecule has 6 heteroatoms. The van der Waals surface area contributed by atoms with Gasteiger partial charge in [0.1, 0.15) is 5.82 Å². The Bertz CT molecular complexity index is 974. The summed E-state index contributed by atoms with van der Waals surface area (Å²) >= 11 is 0. The molecule has 1 aromatic heterocycles. The molecule has 1 saturated heterocycles. The number of para-hydroxylation sites is 2. The molecule has 1 fully saturated rings. The summed E-state index contributed by atoms with van der Waals surface area (Å²) in [6.07, 6.45) is 0. The number of piperazine rings is 1. The molecule has 158 valence electrons. The maximum absolute atomic E-state index is 12.0. The molecule has 2 aromatic carbocycles. The number of aromatic nitrogens is 2. The van der Waals surface area contributed by atoms with E-state index in [1.165, 1.54) is 11.1 Å². The van der Waals surface area contributed by atoms with Gasteiger partial charge in [-0.05, 0) is 31.5 Å². The molecule has 30 heavy (non-hydrogen) atoms. The van der Waals surface area contributed by atoms with E-state index >= 15 is 0 Å². The average molecular weight is 406 g/mol. The van der Waals surface area contributed by atoms with E-state index in [0.717, 1.165) is 50.6 Å². The number of carbonyl (C=O) groups is 1. The molecule has 0 bridgehead atoms. The zero-order valence-corrected chi connectivity index (χ0v) is 17.9. The van der Waals surface area contributed by atoms with Crippen molar-refractivity contribution < 1.29 is 4.79 Å². The van der Waals surface area contributed by atoms with Crippen LogP contribution in [0.2, 0.25) is 0 Å². The first kappa shape index (κ1) is 20.6. The van der Waals surface area contributed by atoms with Crippen LogP contribution < -0.4 is 5.32 Å². The average Bonchev–Trinajstić information content (AvgIpc) is 3.07. The summed E-state index contributed by atoms with van der Waals surface area (Å²) in [5.74, 6) is 1.22. The van der Waals surface area contributed by atoms with Crippen LogP contribution in [-0.4, -0.2) is 64.0 Å². The summed E-state index contributed by atoms with van der Waals surface area (Å²) in [6.45, 7) is 9.84. The number of amides is 1. The largest absolute Gasteiger partial charge is 0.353 e. The lowest BCUT2D eigenvalue weighted by atomic mass is 10.2. The van der Waals surface area contributed by atoms with Crippen molar-refractivity contribution in [2.24, 2.45) is 0 Å². The monoisotopic (exact) mass is 405 g/mol. The van der Waals surface area contributed by atoms with Crippen molar-refractivity contribution in [3.05, 3.63) is 66.0 Å². The third kappa shape index (κ3) is 5.07. The molecule has 0 spiro atoms. The topological polar surface area (TPSA) is 53.4 Å². The van der Waals surface area contributed by atoms with Crippen molar-refractivity contribution >= 4 is 16.9 Å². The quantitative estimate of drug-likeness (QED) is 0.657. The molecule has 1 N–H and O–H groups in total. The van der Waals surface area contributed by atoms with Gasteiger partial charge in [-0.15, -0.1) is 0 Å². The lowest BCUT2D eigenvalue weighted by Crippen LogP contribution is -2.49. The molecule has 0 saturated carbocycles. The smallest absolute Gasteiger partial charge is 0.234 e. The van der Waals surface area contributed by atoms with Crippen LogP contribution in [0.25, 0.3) is 11.0 Å². The van der Waals surface area contributed by atoms with Crippen LogP contribution in [0.5, 0.6) is 0 Å². The number of benzene rings is 2. The Morgan fingerprint density at radius 1 is 0.933 bits per heavy atom. The molecular weight excluding hydrogens is 374 g/mol. The van der Waals surface area contributed by atoms with Crippen LogP contribution in [0.3, 0.4) is 0 Å². The first-order chi connectivity index (χ1) is 14.6. The van der Waals surface area contributed by atoms with Crippen LogP contribution in [-0.2, 0) is 17.9 Å². The summed E-state index contributed by atoms with van der Waals surface area (Å²) < 4.78 is 2.34. The standard InChI is InChI=1S/C24H31N5O/c1-19(2)25-24(30)18-28-14-12-27(13-15-28)17-23-26-21-10-6-7-11-22(21)29(23)16-20-8-4-3-5-9-20/h3-11,19H,12-18H2,1-2H3,(H,25,30). The number of nitrogens with one attached hydrogen (secondary N) is 1. The van der Waals surface area contributed by atoms with Crippen molar-refractivity contribution in [2.75, 3.05) is 32.7 Å². The summed E-state index contributed by atoms with van der Waals surface area (Å²) in [5.41, 5.74) is 3.51. The number of carbonyl (C=O) groups excluding carboxylic acids is 1. The first-order valence-corrected chi connectivity index (χ1v) is 10.8. The van der Waals surface area contributed by atoms with Crippen molar-refractivity contribution in [1.29, 1.82) is 0 Å². The fraction of sp³-hybridized carbons (Fsp3) is 0.417. The molecule has 0 radical (unpaired) electrons. The highest BCUT2D eigenvalue weighted by atomic mass is 16.2. The fourth-order valence-corrected chi connectivity index (χ4v) is 4.06. The highest BCUT2D eigenvalue weighted by molar-refractivity contribution is 5.78. The van der Waals surface area contributed by atoms with Crippen molar-refractivity contribution in [3.8, 4) is 0 Å². The van der Waals surface area contributed by atoms with Gasteiger partial charge in [0.2, 0.25) is 5.91 Å². The second kappa shape index (κ2) is 9.41. The molecule has 4 rings (SSSR count). The van der Waals surface area contributed by atoms with Crippen LogP contribution in [0, 0.1) is 0 Å². The number of hydrogen-bond donors (Lipinski definition) is 1. The summed E-state index contributed by atoms with van der Waals surface area (Å²) in [5, 5.41) is 2.98. The van der Waals surface area contributed by atoms with Gasteiger partial charge in [-0.1, -0.05) is 42.5 Å². The van der Waals surface area contributed by atoms with Gasteiger partial charge in [-0.3, -0.25) is 14.6 Å². The van der Waals surface area contributed by atoms with Gasteiger partial charge in [0.25, 0.3) is 0 Å². The molecular formula is C24H31N5O. The van der Waals surface area contributed by atoms with E-state index in [1.807, 2.05) is 19.9 Å². The minimum absolute atomic E-state index is 0.114. The van der Waals surface area contributed by atoms with Crippen molar-refractivity contribution in [3.63, 3.8) is 0 Å². The molecule has 1 amide bonds. The Hall–Kier alpha value is -2.70. The maximum atomic E-state index is 12.0. The third-order valence-corrected chi connectivity index (χ3v) is 5.56. The number of hydrogen-bond acceptors (Lipinski definition) is 4. The van der Waals surface area contributed by atoms with Gasteiger partial charge >= 0.3 is 0 Å². The van der Waals surface area contributed by atoms with E-state index in [4.69, 9.17) is 4.98 Å². The van der Waals surface area contributed by atoms with Gasteiger partial charge in [0.05, 0.1) is 24.1 Å². The van der Waals surface area contributed by atoms with E-state index in [2.05, 4.69) is 68.2 Å². The molecule has 6 nitrogen and oxygen atoms in total. The number of imidazole rings is 1. The van der Waals surface area contributed by atoms with Crippen LogP contribution in [0.4, 0.5) is 0 Å². The highest BCUT2D eigenvalue weighted by Gasteiger charge is 2.21. The Labute approximate surface area is 178 Å².